The van der Waals surface area contributed by atoms with Crippen LogP contribution in [-0.2, 0) is 0 Å². The molecular weight excluding hydrogens is 248 g/mol. The van der Waals surface area contributed by atoms with Crippen molar-refractivity contribution in [2.75, 3.05) is 31.1 Å². The molecule has 1 saturated heterocycles. The summed E-state index contributed by atoms with van der Waals surface area (Å²) >= 11 is 6.18. The normalized spacial score (nSPS) is 20.2. The maximum atomic E-state index is 8.87. The smallest absolute Gasteiger partial charge is 0.0556 e. The lowest BCUT2D eigenvalue weighted by Crippen LogP contribution is -2.46. The summed E-state index contributed by atoms with van der Waals surface area (Å²) in [5, 5.41) is 13.1. The highest BCUT2D eigenvalue weighted by Gasteiger charge is 2.20. The van der Waals surface area contributed by atoms with Crippen molar-refractivity contribution in [1.29, 1.82) is 0 Å². The van der Waals surface area contributed by atoms with Gasteiger partial charge in [-0.3, -0.25) is 0 Å². The third-order valence-electron chi connectivity index (χ3n) is 3.55. The fourth-order valence-electron chi connectivity index (χ4n) is 2.57. The second-order valence-electron chi connectivity index (χ2n) is 4.85. The van der Waals surface area contributed by atoms with E-state index in [0.717, 1.165) is 23.7 Å². The molecule has 0 saturated carbocycles. The molecular formula is C14H21ClN2O. The van der Waals surface area contributed by atoms with Gasteiger partial charge in [0.15, 0.2) is 0 Å². The lowest BCUT2D eigenvalue weighted by Gasteiger charge is -2.35. The van der Waals surface area contributed by atoms with Gasteiger partial charge in [-0.25, -0.2) is 0 Å². The van der Waals surface area contributed by atoms with Crippen LogP contribution in [0.25, 0.3) is 0 Å². The Morgan fingerprint density at radius 3 is 3.11 bits per heavy atom. The number of piperidine rings is 1. The Morgan fingerprint density at radius 2 is 2.33 bits per heavy atom. The molecule has 1 aromatic rings. The first-order valence-corrected chi connectivity index (χ1v) is 6.94. The molecule has 0 radical (unpaired) electrons. The zero-order chi connectivity index (χ0) is 13.0. The summed E-state index contributed by atoms with van der Waals surface area (Å²) in [6, 6.07) is 6.54. The number of aliphatic hydroxyl groups is 1. The minimum absolute atomic E-state index is 0.201. The summed E-state index contributed by atoms with van der Waals surface area (Å²) in [6.45, 7) is 5.02. The maximum absolute atomic E-state index is 8.87. The van der Waals surface area contributed by atoms with Crippen LogP contribution in [0.1, 0.15) is 18.4 Å². The minimum atomic E-state index is 0.201. The maximum Gasteiger partial charge on any atom is 0.0556 e. The highest BCUT2D eigenvalue weighted by Crippen LogP contribution is 2.28. The van der Waals surface area contributed by atoms with Crippen molar-refractivity contribution in [1.82, 2.24) is 5.32 Å². The number of anilines is 1. The van der Waals surface area contributed by atoms with Crippen LogP contribution in [0.4, 0.5) is 5.69 Å². The van der Waals surface area contributed by atoms with Gasteiger partial charge in [-0.1, -0.05) is 17.7 Å². The van der Waals surface area contributed by atoms with E-state index in [1.807, 2.05) is 12.1 Å². The predicted octanol–water partition coefficient (Wildman–Crippen LogP) is 2.20. The SMILES string of the molecule is Cc1c(Cl)cccc1N1CCCC(NCCO)C1. The summed E-state index contributed by atoms with van der Waals surface area (Å²) in [7, 11) is 0. The molecule has 100 valence electrons. The molecule has 1 unspecified atom stereocenters. The van der Waals surface area contributed by atoms with Crippen LogP contribution in [0.2, 0.25) is 5.02 Å². The quantitative estimate of drug-likeness (QED) is 0.879. The molecule has 1 aliphatic rings. The van der Waals surface area contributed by atoms with Crippen molar-refractivity contribution in [3.05, 3.63) is 28.8 Å². The summed E-state index contributed by atoms with van der Waals surface area (Å²) < 4.78 is 0. The Hall–Kier alpha value is -0.770. The lowest BCUT2D eigenvalue weighted by molar-refractivity contribution is 0.278. The van der Waals surface area contributed by atoms with Gasteiger partial charge < -0.3 is 15.3 Å². The van der Waals surface area contributed by atoms with Gasteiger partial charge in [0, 0.05) is 36.4 Å². The van der Waals surface area contributed by atoms with E-state index in [4.69, 9.17) is 16.7 Å². The van der Waals surface area contributed by atoms with Crippen molar-refractivity contribution in [3.8, 4) is 0 Å². The fourth-order valence-corrected chi connectivity index (χ4v) is 2.74. The van der Waals surface area contributed by atoms with Crippen LogP contribution in [-0.4, -0.2) is 37.4 Å². The van der Waals surface area contributed by atoms with Gasteiger partial charge in [0.25, 0.3) is 0 Å². The predicted molar refractivity (Wildman–Crippen MR) is 76.5 cm³/mol. The number of nitrogens with zero attached hydrogens (tertiary/aromatic N) is 1. The molecule has 1 atom stereocenters. The molecule has 1 aliphatic heterocycles. The average Bonchev–Trinajstić information content (AvgIpc) is 2.40. The van der Waals surface area contributed by atoms with Gasteiger partial charge in [-0.2, -0.15) is 0 Å². The molecule has 0 aliphatic carbocycles. The Balaban J connectivity index is 2.06. The molecule has 1 fully saturated rings. The van der Waals surface area contributed by atoms with Crippen LogP contribution in [0.5, 0.6) is 0 Å². The number of hydrogen-bond donors (Lipinski definition) is 2. The third kappa shape index (κ3) is 3.16. The highest BCUT2D eigenvalue weighted by molar-refractivity contribution is 6.31. The lowest BCUT2D eigenvalue weighted by atomic mass is 10.0. The van der Waals surface area contributed by atoms with Gasteiger partial charge in [0.1, 0.15) is 0 Å². The van der Waals surface area contributed by atoms with E-state index in [9.17, 15) is 0 Å². The summed E-state index contributed by atoms with van der Waals surface area (Å²) in [5.74, 6) is 0. The third-order valence-corrected chi connectivity index (χ3v) is 3.96. The zero-order valence-electron chi connectivity index (χ0n) is 10.8. The van der Waals surface area contributed by atoms with Crippen molar-refractivity contribution in [2.45, 2.75) is 25.8 Å². The van der Waals surface area contributed by atoms with Gasteiger partial charge in [-0.15, -0.1) is 0 Å². The first kappa shape index (κ1) is 13.7. The number of nitrogens with one attached hydrogen (secondary N) is 1. The Bertz CT molecular complexity index is 397. The molecule has 0 amide bonds. The van der Waals surface area contributed by atoms with Gasteiger partial charge in [-0.05, 0) is 37.5 Å². The van der Waals surface area contributed by atoms with Crippen LogP contribution in [0, 0.1) is 6.92 Å². The molecule has 2 N–H and O–H groups in total. The van der Waals surface area contributed by atoms with E-state index >= 15 is 0 Å². The van der Waals surface area contributed by atoms with Crippen molar-refractivity contribution in [2.24, 2.45) is 0 Å². The molecule has 3 nitrogen and oxygen atoms in total. The minimum Gasteiger partial charge on any atom is -0.395 e. The van der Waals surface area contributed by atoms with Crippen LogP contribution in [0.3, 0.4) is 0 Å². The molecule has 1 heterocycles. The Kier molecular flexibility index (Phi) is 4.87. The van der Waals surface area contributed by atoms with E-state index in [2.05, 4.69) is 23.2 Å². The van der Waals surface area contributed by atoms with E-state index in [-0.39, 0.29) is 6.61 Å². The first-order chi connectivity index (χ1) is 8.72. The monoisotopic (exact) mass is 268 g/mol. The van der Waals surface area contributed by atoms with Gasteiger partial charge in [0.05, 0.1) is 6.61 Å². The summed E-state index contributed by atoms with van der Waals surface area (Å²) in [4.78, 5) is 2.39. The molecule has 0 bridgehead atoms. The molecule has 4 heteroatoms. The van der Waals surface area contributed by atoms with E-state index < -0.39 is 0 Å². The molecule has 0 aromatic heterocycles. The van der Waals surface area contributed by atoms with Crippen LogP contribution >= 0.6 is 11.6 Å². The van der Waals surface area contributed by atoms with Crippen molar-refractivity contribution < 1.29 is 5.11 Å². The summed E-state index contributed by atoms with van der Waals surface area (Å²) in [5.41, 5.74) is 2.39. The van der Waals surface area contributed by atoms with Crippen molar-refractivity contribution in [3.63, 3.8) is 0 Å². The fraction of sp³-hybridized carbons (Fsp3) is 0.571. The number of halogens is 1. The van der Waals surface area contributed by atoms with E-state index in [0.29, 0.717) is 12.6 Å². The van der Waals surface area contributed by atoms with Crippen LogP contribution in [0.15, 0.2) is 18.2 Å². The number of benzene rings is 1. The molecule has 18 heavy (non-hydrogen) atoms. The number of hydrogen-bond acceptors (Lipinski definition) is 3. The second-order valence-corrected chi connectivity index (χ2v) is 5.25. The Morgan fingerprint density at radius 1 is 1.50 bits per heavy atom. The number of rotatable bonds is 4. The van der Waals surface area contributed by atoms with Gasteiger partial charge in [0.2, 0.25) is 0 Å². The van der Waals surface area contributed by atoms with Crippen LogP contribution < -0.4 is 10.2 Å². The molecule has 1 aromatic carbocycles. The second kappa shape index (κ2) is 6.41. The largest absolute Gasteiger partial charge is 0.395 e. The zero-order valence-corrected chi connectivity index (χ0v) is 11.6. The average molecular weight is 269 g/mol. The van der Waals surface area contributed by atoms with Crippen molar-refractivity contribution >= 4 is 17.3 Å². The van der Waals surface area contributed by atoms with E-state index in [1.165, 1.54) is 18.5 Å². The highest BCUT2D eigenvalue weighted by atomic mass is 35.5. The first-order valence-electron chi connectivity index (χ1n) is 6.56. The van der Waals surface area contributed by atoms with E-state index in [1.54, 1.807) is 0 Å². The topological polar surface area (TPSA) is 35.5 Å². The molecule has 0 spiro atoms. The van der Waals surface area contributed by atoms with Gasteiger partial charge >= 0.3 is 0 Å². The standard InChI is InChI=1S/C14H21ClN2O/c1-11-13(15)5-2-6-14(11)17-8-3-4-12(10-17)16-7-9-18/h2,5-6,12,16,18H,3-4,7-10H2,1H3. The molecule has 2 rings (SSSR count). The Labute approximate surface area is 114 Å². The summed E-state index contributed by atoms with van der Waals surface area (Å²) in [6.07, 6.45) is 2.35. The number of aliphatic hydroxyl groups excluding tert-OH is 1.